The fraction of sp³-hybridized carbons (Fsp3) is 0.200. The van der Waals surface area contributed by atoms with Gasteiger partial charge in [-0.15, -0.1) is 0 Å². The summed E-state index contributed by atoms with van der Waals surface area (Å²) in [6.07, 6.45) is -4.59. The second-order valence-corrected chi connectivity index (χ2v) is 7.51. The minimum absolute atomic E-state index is 0.0629. The fourth-order valence-electron chi connectivity index (χ4n) is 3.38. The fourth-order valence-corrected chi connectivity index (χ4v) is 3.38. The zero-order valence-electron chi connectivity index (χ0n) is 18.0. The molecule has 1 atom stereocenters. The Kier molecular flexibility index (Phi) is 8.13. The van der Waals surface area contributed by atoms with Crippen molar-refractivity contribution in [3.05, 3.63) is 90.0 Å². The quantitative estimate of drug-likeness (QED) is 0.452. The largest absolute Gasteiger partial charge is 0.490 e. The molecule has 0 aliphatic carbocycles. The predicted molar refractivity (Wildman–Crippen MR) is 121 cm³/mol. The predicted octanol–water partition coefficient (Wildman–Crippen LogP) is 5.33. The number of hydrogen-bond acceptors (Lipinski definition) is 4. The van der Waals surface area contributed by atoms with Crippen LogP contribution in [0.3, 0.4) is 0 Å². The van der Waals surface area contributed by atoms with Crippen molar-refractivity contribution in [2.24, 2.45) is 0 Å². The van der Waals surface area contributed by atoms with E-state index >= 15 is 0 Å². The Labute approximate surface area is 194 Å². The molecule has 0 saturated carbocycles. The van der Waals surface area contributed by atoms with Gasteiger partial charge in [-0.2, -0.15) is 13.2 Å². The number of halogens is 3. The lowest BCUT2D eigenvalue weighted by molar-refractivity contribution is -0.192. The van der Waals surface area contributed by atoms with Gasteiger partial charge >= 0.3 is 12.1 Å². The van der Waals surface area contributed by atoms with Crippen LogP contribution in [-0.4, -0.2) is 29.7 Å². The Hall–Kier alpha value is -4.01. The molecule has 1 aliphatic heterocycles. The summed E-state index contributed by atoms with van der Waals surface area (Å²) in [5.41, 5.74) is 3.38. The number of carboxylic acid groups (broad SMARTS) is 1. The molecule has 3 aromatic rings. The van der Waals surface area contributed by atoms with Crippen LogP contribution in [-0.2, 0) is 16.1 Å². The first-order chi connectivity index (χ1) is 16.2. The summed E-state index contributed by atoms with van der Waals surface area (Å²) in [6.45, 7) is 1.31. The third-order valence-corrected chi connectivity index (χ3v) is 4.98. The summed E-state index contributed by atoms with van der Waals surface area (Å²) < 4.78 is 37.6. The van der Waals surface area contributed by atoms with Crippen LogP contribution in [0.25, 0.3) is 0 Å². The Morgan fingerprint density at radius 2 is 1.62 bits per heavy atom. The molecular formula is C25H23F3N2O4. The van der Waals surface area contributed by atoms with Crippen LogP contribution < -0.4 is 15.4 Å². The minimum atomic E-state index is -5.08. The monoisotopic (exact) mass is 472 g/mol. The lowest BCUT2D eigenvalue weighted by atomic mass is 9.97. The second kappa shape index (κ2) is 11.2. The normalized spacial score (nSPS) is 14.1. The average Bonchev–Trinajstić information content (AvgIpc) is 3.21. The SMILES string of the molecule is O=C(CC1CNc2ccccc21)NCc1cccc(Oc2ccccc2)c1.O=C(O)C(F)(F)F. The number of alkyl halides is 3. The van der Waals surface area contributed by atoms with E-state index in [-0.39, 0.29) is 11.8 Å². The van der Waals surface area contributed by atoms with Crippen molar-refractivity contribution in [2.75, 3.05) is 11.9 Å². The molecule has 0 saturated heterocycles. The van der Waals surface area contributed by atoms with E-state index in [4.69, 9.17) is 14.6 Å². The molecule has 1 amide bonds. The number of benzene rings is 3. The molecule has 0 radical (unpaired) electrons. The highest BCUT2D eigenvalue weighted by molar-refractivity contribution is 5.78. The van der Waals surface area contributed by atoms with Gasteiger partial charge in [0.25, 0.3) is 0 Å². The number of rotatable bonds is 6. The summed E-state index contributed by atoms with van der Waals surface area (Å²) in [5.74, 6) is -0.901. The average molecular weight is 472 g/mol. The van der Waals surface area contributed by atoms with Gasteiger partial charge in [0.2, 0.25) is 5.91 Å². The molecule has 1 heterocycles. The maximum Gasteiger partial charge on any atom is 0.490 e. The number of hydrogen-bond donors (Lipinski definition) is 3. The highest BCUT2D eigenvalue weighted by Crippen LogP contribution is 2.33. The van der Waals surface area contributed by atoms with Crippen LogP contribution in [0.2, 0.25) is 0 Å². The third kappa shape index (κ3) is 7.26. The van der Waals surface area contributed by atoms with Crippen molar-refractivity contribution in [3.8, 4) is 11.5 Å². The van der Waals surface area contributed by atoms with Crippen molar-refractivity contribution in [3.63, 3.8) is 0 Å². The first-order valence-electron chi connectivity index (χ1n) is 10.4. The Morgan fingerprint density at radius 1 is 0.971 bits per heavy atom. The Bertz CT molecular complexity index is 1120. The minimum Gasteiger partial charge on any atom is -0.475 e. The molecule has 0 spiro atoms. The highest BCUT2D eigenvalue weighted by Gasteiger charge is 2.38. The van der Waals surface area contributed by atoms with Gasteiger partial charge in [-0.25, -0.2) is 4.79 Å². The maximum atomic E-state index is 12.4. The number of amides is 1. The van der Waals surface area contributed by atoms with E-state index in [0.717, 1.165) is 29.3 Å². The number of anilines is 1. The number of carbonyl (C=O) groups excluding carboxylic acids is 1. The zero-order valence-corrected chi connectivity index (χ0v) is 18.0. The molecule has 1 aliphatic rings. The van der Waals surface area contributed by atoms with Gasteiger partial charge in [0, 0.05) is 31.1 Å². The van der Waals surface area contributed by atoms with Crippen molar-refractivity contribution in [2.45, 2.75) is 25.1 Å². The van der Waals surface area contributed by atoms with Crippen LogP contribution >= 0.6 is 0 Å². The molecule has 0 aromatic heterocycles. The molecule has 3 aromatic carbocycles. The highest BCUT2D eigenvalue weighted by atomic mass is 19.4. The van der Waals surface area contributed by atoms with E-state index in [2.05, 4.69) is 22.8 Å². The Balaban J connectivity index is 0.000000406. The summed E-state index contributed by atoms with van der Waals surface area (Å²) in [5, 5.41) is 13.5. The van der Waals surface area contributed by atoms with Crippen molar-refractivity contribution in [1.82, 2.24) is 5.32 Å². The first kappa shape index (κ1) is 24.6. The van der Waals surface area contributed by atoms with Crippen molar-refractivity contribution in [1.29, 1.82) is 0 Å². The molecule has 178 valence electrons. The number of para-hydroxylation sites is 2. The molecule has 4 rings (SSSR count). The van der Waals surface area contributed by atoms with Crippen LogP contribution in [0.5, 0.6) is 11.5 Å². The van der Waals surface area contributed by atoms with Crippen LogP contribution in [0.1, 0.15) is 23.5 Å². The van der Waals surface area contributed by atoms with E-state index in [1.165, 1.54) is 5.56 Å². The number of aliphatic carboxylic acids is 1. The van der Waals surface area contributed by atoms with Crippen LogP contribution in [0.15, 0.2) is 78.9 Å². The van der Waals surface area contributed by atoms with E-state index in [9.17, 15) is 18.0 Å². The number of nitrogens with one attached hydrogen (secondary N) is 2. The maximum absolute atomic E-state index is 12.4. The van der Waals surface area contributed by atoms with Crippen molar-refractivity contribution >= 4 is 17.6 Å². The summed E-state index contributed by atoms with van der Waals surface area (Å²) in [4.78, 5) is 21.3. The third-order valence-electron chi connectivity index (χ3n) is 4.98. The molecule has 0 fully saturated rings. The van der Waals surface area contributed by atoms with Gasteiger partial charge in [-0.05, 0) is 41.5 Å². The first-order valence-corrected chi connectivity index (χ1v) is 10.4. The molecular weight excluding hydrogens is 449 g/mol. The number of ether oxygens (including phenoxy) is 1. The summed E-state index contributed by atoms with van der Waals surface area (Å²) in [6, 6.07) is 25.7. The lowest BCUT2D eigenvalue weighted by Gasteiger charge is -2.11. The Morgan fingerprint density at radius 3 is 2.32 bits per heavy atom. The smallest absolute Gasteiger partial charge is 0.475 e. The molecule has 6 nitrogen and oxygen atoms in total. The summed E-state index contributed by atoms with van der Waals surface area (Å²) >= 11 is 0. The van der Waals surface area contributed by atoms with E-state index in [1.807, 2.05) is 66.7 Å². The van der Waals surface area contributed by atoms with Gasteiger partial charge in [0.15, 0.2) is 0 Å². The van der Waals surface area contributed by atoms with Gasteiger partial charge in [0.1, 0.15) is 11.5 Å². The standard InChI is InChI=1S/C23H22N2O2.C2HF3O2/c26-23(14-18-16-24-22-12-5-4-11-21(18)22)25-15-17-7-6-10-20(13-17)27-19-8-2-1-3-9-19;3-2(4,5)1(6)7/h1-13,18,24H,14-16H2,(H,25,26);(H,6,7). The van der Waals surface area contributed by atoms with Gasteiger partial charge < -0.3 is 20.5 Å². The van der Waals surface area contributed by atoms with Gasteiger partial charge in [-0.1, -0.05) is 48.5 Å². The van der Waals surface area contributed by atoms with Crippen LogP contribution in [0.4, 0.5) is 18.9 Å². The number of fused-ring (bicyclic) bond motifs is 1. The number of carbonyl (C=O) groups is 2. The zero-order chi connectivity index (χ0) is 24.6. The molecule has 3 N–H and O–H groups in total. The second-order valence-electron chi connectivity index (χ2n) is 7.51. The summed E-state index contributed by atoms with van der Waals surface area (Å²) in [7, 11) is 0. The molecule has 0 bridgehead atoms. The molecule has 9 heteroatoms. The molecule has 1 unspecified atom stereocenters. The topological polar surface area (TPSA) is 87.7 Å². The molecule has 34 heavy (non-hydrogen) atoms. The number of carboxylic acids is 1. The van der Waals surface area contributed by atoms with Gasteiger partial charge in [-0.3, -0.25) is 4.79 Å². The van der Waals surface area contributed by atoms with Crippen LogP contribution in [0, 0.1) is 0 Å². The van der Waals surface area contributed by atoms with E-state index in [1.54, 1.807) is 0 Å². The van der Waals surface area contributed by atoms with E-state index in [0.29, 0.717) is 13.0 Å². The lowest BCUT2D eigenvalue weighted by Crippen LogP contribution is -2.25. The van der Waals surface area contributed by atoms with Crippen molar-refractivity contribution < 1.29 is 32.6 Å². The van der Waals surface area contributed by atoms with Gasteiger partial charge in [0.05, 0.1) is 0 Å². The van der Waals surface area contributed by atoms with E-state index < -0.39 is 12.1 Å².